The molecule has 2 nitrogen and oxygen atoms in total. The van der Waals surface area contributed by atoms with Gasteiger partial charge in [0.25, 0.3) is 0 Å². The number of rotatable bonds is 1. The largest absolute Gasteiger partial charge is 0.365 e. The second-order valence-electron chi connectivity index (χ2n) is 7.51. The molecule has 0 aromatic carbocycles. The van der Waals surface area contributed by atoms with E-state index in [1.54, 1.807) is 0 Å². The first-order valence-electron chi connectivity index (χ1n) is 7.22. The maximum Gasteiger partial charge on any atom is 0.171 e. The zero-order valence-corrected chi connectivity index (χ0v) is 11.6. The maximum absolute atomic E-state index is 10.9. The summed E-state index contributed by atoms with van der Waals surface area (Å²) in [7, 11) is 0. The van der Waals surface area contributed by atoms with Crippen molar-refractivity contribution in [3.8, 4) is 0 Å². The molecule has 0 unspecified atom stereocenters. The lowest BCUT2D eigenvalue weighted by atomic mass is 9.65. The average molecular weight is 238 g/mol. The van der Waals surface area contributed by atoms with Crippen LogP contribution in [0.5, 0.6) is 0 Å². The summed E-state index contributed by atoms with van der Waals surface area (Å²) in [5.74, 6) is 1.31. The molecule has 0 radical (unpaired) electrons. The van der Waals surface area contributed by atoms with Crippen molar-refractivity contribution in [3.63, 3.8) is 0 Å². The summed E-state index contributed by atoms with van der Waals surface area (Å²) in [6.45, 7) is 9.13. The van der Waals surface area contributed by atoms with Crippen LogP contribution in [-0.4, -0.2) is 16.5 Å². The highest BCUT2D eigenvalue weighted by molar-refractivity contribution is 5.12. The van der Waals surface area contributed by atoms with Gasteiger partial charge in [-0.05, 0) is 50.4 Å². The van der Waals surface area contributed by atoms with Gasteiger partial charge in [-0.2, -0.15) is 0 Å². The van der Waals surface area contributed by atoms with Crippen molar-refractivity contribution in [1.29, 1.82) is 0 Å². The van der Waals surface area contributed by atoms with Gasteiger partial charge in [-0.15, -0.1) is 0 Å². The molecule has 3 aliphatic rings. The Kier molecular flexibility index (Phi) is 2.30. The second-order valence-corrected chi connectivity index (χ2v) is 7.51. The van der Waals surface area contributed by atoms with Crippen LogP contribution in [0, 0.1) is 23.2 Å². The van der Waals surface area contributed by atoms with E-state index in [0.717, 1.165) is 37.5 Å². The van der Waals surface area contributed by atoms with Gasteiger partial charge in [0.15, 0.2) is 5.79 Å². The zero-order valence-electron chi connectivity index (χ0n) is 11.6. The topological polar surface area (TPSA) is 29.5 Å². The second kappa shape index (κ2) is 3.27. The molecule has 0 spiro atoms. The Labute approximate surface area is 105 Å². The molecule has 2 heteroatoms. The number of fused-ring (bicyclic) bond motifs is 4. The van der Waals surface area contributed by atoms with Crippen LogP contribution in [0.25, 0.3) is 0 Å². The Morgan fingerprint density at radius 1 is 1.18 bits per heavy atom. The minimum Gasteiger partial charge on any atom is -0.365 e. The maximum atomic E-state index is 10.9. The summed E-state index contributed by atoms with van der Waals surface area (Å²) in [6, 6.07) is 0. The standard InChI is InChI=1S/C15H26O2/c1-10(2)11-5-6-14(4)12(11)9-13(3)7-8-15(14,16)17-13/h10-12,16H,5-9H2,1-4H3/t11-,12-,13+,14+,15-/m1/s1. The lowest BCUT2D eigenvalue weighted by Gasteiger charge is -2.52. The molecule has 2 heterocycles. The minimum absolute atomic E-state index is 0.00204. The monoisotopic (exact) mass is 238 g/mol. The first-order valence-corrected chi connectivity index (χ1v) is 7.22. The fourth-order valence-corrected chi connectivity index (χ4v) is 4.94. The molecule has 3 fully saturated rings. The lowest BCUT2D eigenvalue weighted by molar-refractivity contribution is -0.320. The fraction of sp³-hybridized carbons (Fsp3) is 1.00. The lowest BCUT2D eigenvalue weighted by Crippen LogP contribution is -2.56. The molecule has 2 aliphatic heterocycles. The van der Waals surface area contributed by atoms with Gasteiger partial charge in [0, 0.05) is 11.8 Å². The van der Waals surface area contributed by atoms with E-state index in [1.165, 1.54) is 6.42 Å². The first-order chi connectivity index (χ1) is 7.80. The molecule has 1 N–H and O–H groups in total. The molecule has 0 amide bonds. The Bertz CT molecular complexity index is 340. The number of hydrogen-bond acceptors (Lipinski definition) is 2. The predicted molar refractivity (Wildman–Crippen MR) is 67.4 cm³/mol. The van der Waals surface area contributed by atoms with Crippen molar-refractivity contribution < 1.29 is 9.84 Å². The average Bonchev–Trinajstić information content (AvgIpc) is 2.68. The molecule has 17 heavy (non-hydrogen) atoms. The zero-order chi connectivity index (χ0) is 12.5. The summed E-state index contributed by atoms with van der Waals surface area (Å²) >= 11 is 0. The molecule has 1 saturated carbocycles. The highest BCUT2D eigenvalue weighted by Crippen LogP contribution is 2.66. The minimum atomic E-state index is -0.839. The Balaban J connectivity index is 1.99. The van der Waals surface area contributed by atoms with Crippen LogP contribution < -0.4 is 0 Å². The van der Waals surface area contributed by atoms with Crippen LogP contribution in [-0.2, 0) is 4.74 Å². The Hall–Kier alpha value is -0.0800. The fourth-order valence-electron chi connectivity index (χ4n) is 4.94. The molecule has 2 bridgehead atoms. The van der Waals surface area contributed by atoms with Crippen molar-refractivity contribution in [2.75, 3.05) is 0 Å². The summed E-state index contributed by atoms with van der Waals surface area (Å²) in [5.41, 5.74) is -0.0612. The van der Waals surface area contributed by atoms with E-state index in [2.05, 4.69) is 27.7 Å². The van der Waals surface area contributed by atoms with E-state index in [1.807, 2.05) is 0 Å². The van der Waals surface area contributed by atoms with Gasteiger partial charge in [0.1, 0.15) is 0 Å². The van der Waals surface area contributed by atoms with Gasteiger partial charge in [-0.1, -0.05) is 20.8 Å². The molecular formula is C15H26O2. The van der Waals surface area contributed by atoms with Crippen molar-refractivity contribution in [3.05, 3.63) is 0 Å². The normalized spacial score (nSPS) is 57.5. The van der Waals surface area contributed by atoms with Gasteiger partial charge in [0.05, 0.1) is 5.60 Å². The number of hydrogen-bond donors (Lipinski definition) is 1. The van der Waals surface area contributed by atoms with E-state index in [9.17, 15) is 5.11 Å². The molecule has 0 aromatic rings. The molecule has 2 saturated heterocycles. The molecule has 0 aromatic heterocycles. The van der Waals surface area contributed by atoms with Crippen molar-refractivity contribution in [1.82, 2.24) is 0 Å². The number of ether oxygens (including phenoxy) is 1. The van der Waals surface area contributed by atoms with Gasteiger partial charge in [-0.3, -0.25) is 0 Å². The molecule has 5 atom stereocenters. The van der Waals surface area contributed by atoms with Crippen LogP contribution in [0.2, 0.25) is 0 Å². The molecule has 1 aliphatic carbocycles. The van der Waals surface area contributed by atoms with Crippen LogP contribution in [0.1, 0.15) is 59.8 Å². The highest BCUT2D eigenvalue weighted by Gasteiger charge is 2.67. The molecule has 98 valence electrons. The number of aliphatic hydroxyl groups is 1. The van der Waals surface area contributed by atoms with Gasteiger partial charge in [0.2, 0.25) is 0 Å². The summed E-state index contributed by atoms with van der Waals surface area (Å²) in [5, 5.41) is 10.9. The third kappa shape index (κ3) is 1.40. The van der Waals surface area contributed by atoms with Crippen LogP contribution in [0.4, 0.5) is 0 Å². The van der Waals surface area contributed by atoms with E-state index < -0.39 is 5.79 Å². The van der Waals surface area contributed by atoms with Gasteiger partial charge < -0.3 is 9.84 Å². The van der Waals surface area contributed by atoms with E-state index in [0.29, 0.717) is 5.92 Å². The van der Waals surface area contributed by atoms with Crippen LogP contribution in [0.15, 0.2) is 0 Å². The SMILES string of the molecule is CC(C)[C@H]1CC[C@@]2(C)[C@@H]1C[C@]1(C)CC[C@@]2(O)O1. The predicted octanol–water partition coefficient (Wildman–Crippen LogP) is 3.34. The van der Waals surface area contributed by atoms with Crippen molar-refractivity contribution in [2.24, 2.45) is 23.2 Å². The summed E-state index contributed by atoms with van der Waals surface area (Å²) < 4.78 is 6.07. The van der Waals surface area contributed by atoms with Crippen molar-refractivity contribution in [2.45, 2.75) is 71.2 Å². The molecule has 3 rings (SSSR count). The Morgan fingerprint density at radius 2 is 1.88 bits per heavy atom. The highest BCUT2D eigenvalue weighted by atomic mass is 16.6. The first kappa shape index (κ1) is 12.0. The summed E-state index contributed by atoms with van der Waals surface area (Å²) in [6.07, 6.45) is 5.41. The van der Waals surface area contributed by atoms with Gasteiger partial charge in [-0.25, -0.2) is 0 Å². The van der Waals surface area contributed by atoms with E-state index >= 15 is 0 Å². The van der Waals surface area contributed by atoms with Crippen LogP contribution >= 0.6 is 0 Å². The third-order valence-electron chi connectivity index (χ3n) is 6.14. The van der Waals surface area contributed by atoms with Crippen molar-refractivity contribution >= 4 is 0 Å². The van der Waals surface area contributed by atoms with E-state index in [-0.39, 0.29) is 11.0 Å². The Morgan fingerprint density at radius 3 is 2.53 bits per heavy atom. The molecular weight excluding hydrogens is 212 g/mol. The van der Waals surface area contributed by atoms with Gasteiger partial charge >= 0.3 is 0 Å². The summed E-state index contributed by atoms with van der Waals surface area (Å²) in [4.78, 5) is 0. The van der Waals surface area contributed by atoms with E-state index in [4.69, 9.17) is 4.74 Å². The van der Waals surface area contributed by atoms with Crippen LogP contribution in [0.3, 0.4) is 0 Å². The third-order valence-corrected chi connectivity index (χ3v) is 6.14. The smallest absolute Gasteiger partial charge is 0.171 e. The quantitative estimate of drug-likeness (QED) is 0.759.